The van der Waals surface area contributed by atoms with Crippen molar-refractivity contribution < 1.29 is 18.0 Å². The number of anilines is 1. The Morgan fingerprint density at radius 3 is 1.90 bits per heavy atom. The van der Waals surface area contributed by atoms with Crippen LogP contribution in [0.15, 0.2) is 120 Å². The highest BCUT2D eigenvalue weighted by atomic mass is 35.5. The molecule has 42 heavy (non-hydrogen) atoms. The van der Waals surface area contributed by atoms with E-state index in [1.807, 2.05) is 67.6 Å². The molecule has 4 rings (SSSR count). The Labute approximate surface area is 252 Å². The smallest absolute Gasteiger partial charge is 0.264 e. The summed E-state index contributed by atoms with van der Waals surface area (Å²) in [4.78, 5) is 29.4. The zero-order valence-corrected chi connectivity index (χ0v) is 25.0. The second kappa shape index (κ2) is 14.7. The largest absolute Gasteiger partial charge is 0.354 e. The molecule has 0 radical (unpaired) electrons. The molecule has 0 aromatic heterocycles. The number of para-hydroxylation sites is 1. The maximum atomic E-state index is 14.3. The quantitative estimate of drug-likeness (QED) is 0.212. The van der Waals surface area contributed by atoms with E-state index in [9.17, 15) is 18.0 Å². The minimum Gasteiger partial charge on any atom is -0.354 e. The zero-order valence-electron chi connectivity index (χ0n) is 23.4. The molecule has 9 heteroatoms. The van der Waals surface area contributed by atoms with Gasteiger partial charge in [0.1, 0.15) is 12.6 Å². The SMILES string of the molecule is CCCNC(=O)[C@H](Cc1ccccc1)N(Cc1ccccc1)C(=O)CN(c1ccccc1)S(=O)(=O)c1ccc(Cl)cc1. The van der Waals surface area contributed by atoms with E-state index in [0.29, 0.717) is 17.3 Å². The van der Waals surface area contributed by atoms with Gasteiger partial charge in [0, 0.05) is 24.5 Å². The molecule has 0 bridgehead atoms. The molecule has 0 saturated carbocycles. The lowest BCUT2D eigenvalue weighted by molar-refractivity contribution is -0.140. The van der Waals surface area contributed by atoms with E-state index in [-0.39, 0.29) is 23.8 Å². The van der Waals surface area contributed by atoms with E-state index in [1.54, 1.807) is 30.3 Å². The van der Waals surface area contributed by atoms with E-state index < -0.39 is 28.5 Å². The zero-order chi connectivity index (χ0) is 30.0. The van der Waals surface area contributed by atoms with Crippen LogP contribution < -0.4 is 9.62 Å². The number of rotatable bonds is 13. The molecule has 1 N–H and O–H groups in total. The second-order valence-electron chi connectivity index (χ2n) is 9.80. The van der Waals surface area contributed by atoms with Crippen LogP contribution >= 0.6 is 11.6 Å². The minimum absolute atomic E-state index is 0.000290. The number of hydrogen-bond acceptors (Lipinski definition) is 4. The molecule has 218 valence electrons. The van der Waals surface area contributed by atoms with Crippen LogP contribution in [0.3, 0.4) is 0 Å². The van der Waals surface area contributed by atoms with Crippen molar-refractivity contribution in [3.8, 4) is 0 Å². The molecule has 0 aliphatic heterocycles. The molecule has 7 nitrogen and oxygen atoms in total. The van der Waals surface area contributed by atoms with Crippen molar-refractivity contribution in [2.24, 2.45) is 0 Å². The van der Waals surface area contributed by atoms with Crippen LogP contribution in [0.1, 0.15) is 24.5 Å². The van der Waals surface area contributed by atoms with E-state index in [2.05, 4.69) is 5.32 Å². The predicted octanol–water partition coefficient (Wildman–Crippen LogP) is 5.70. The number of sulfonamides is 1. The third kappa shape index (κ3) is 7.99. The molecule has 0 aliphatic carbocycles. The fourth-order valence-corrected chi connectivity index (χ4v) is 6.10. The molecule has 0 fully saturated rings. The van der Waals surface area contributed by atoms with Crippen molar-refractivity contribution in [3.63, 3.8) is 0 Å². The molecule has 1 atom stereocenters. The van der Waals surface area contributed by atoms with Crippen LogP contribution in [0.4, 0.5) is 5.69 Å². The van der Waals surface area contributed by atoms with Crippen LogP contribution in [0, 0.1) is 0 Å². The third-order valence-electron chi connectivity index (χ3n) is 6.74. The molecule has 2 amide bonds. The van der Waals surface area contributed by atoms with E-state index in [4.69, 9.17) is 11.6 Å². The van der Waals surface area contributed by atoms with Crippen molar-refractivity contribution in [2.45, 2.75) is 37.2 Å². The number of halogens is 1. The lowest BCUT2D eigenvalue weighted by atomic mass is 10.0. The Morgan fingerprint density at radius 2 is 1.33 bits per heavy atom. The van der Waals surface area contributed by atoms with Gasteiger partial charge in [0.05, 0.1) is 10.6 Å². The fraction of sp³-hybridized carbons (Fsp3) is 0.212. The summed E-state index contributed by atoms with van der Waals surface area (Å²) in [6, 6.07) is 32.2. The van der Waals surface area contributed by atoms with Gasteiger partial charge in [-0.3, -0.25) is 13.9 Å². The van der Waals surface area contributed by atoms with Crippen LogP contribution in [-0.4, -0.2) is 44.3 Å². The summed E-state index contributed by atoms with van der Waals surface area (Å²) in [5.74, 6) is -0.801. The lowest BCUT2D eigenvalue weighted by Gasteiger charge is -2.34. The van der Waals surface area contributed by atoms with Gasteiger partial charge in [0.15, 0.2) is 0 Å². The standard InChI is InChI=1S/C33H34ClN3O4S/c1-2-22-35-33(39)31(23-26-12-6-3-7-13-26)36(24-27-14-8-4-9-15-27)32(38)25-37(29-16-10-5-11-17-29)42(40,41)30-20-18-28(34)19-21-30/h3-21,31H,2,22-25H2,1H3,(H,35,39)/t31-/m0/s1. The lowest BCUT2D eigenvalue weighted by Crippen LogP contribution is -2.53. The molecule has 4 aromatic carbocycles. The maximum absolute atomic E-state index is 14.3. The summed E-state index contributed by atoms with van der Waals surface area (Å²) in [7, 11) is -4.16. The maximum Gasteiger partial charge on any atom is 0.264 e. The number of carbonyl (C=O) groups is 2. The third-order valence-corrected chi connectivity index (χ3v) is 8.78. The molecule has 0 aliphatic rings. The van der Waals surface area contributed by atoms with Gasteiger partial charge in [-0.2, -0.15) is 0 Å². The van der Waals surface area contributed by atoms with E-state index in [0.717, 1.165) is 21.9 Å². The number of nitrogens with zero attached hydrogens (tertiary/aromatic N) is 2. The fourth-order valence-electron chi connectivity index (χ4n) is 4.56. The minimum atomic E-state index is -4.16. The van der Waals surface area contributed by atoms with Crippen LogP contribution in [0.5, 0.6) is 0 Å². The summed E-state index contributed by atoms with van der Waals surface area (Å²) in [6.45, 7) is 2.03. The van der Waals surface area contributed by atoms with Crippen molar-refractivity contribution in [1.29, 1.82) is 0 Å². The van der Waals surface area contributed by atoms with E-state index >= 15 is 0 Å². The van der Waals surface area contributed by atoms with Gasteiger partial charge in [-0.15, -0.1) is 0 Å². The first-order valence-electron chi connectivity index (χ1n) is 13.8. The van der Waals surface area contributed by atoms with Gasteiger partial charge in [0.25, 0.3) is 10.0 Å². The number of nitrogens with one attached hydrogen (secondary N) is 1. The van der Waals surface area contributed by atoms with Gasteiger partial charge < -0.3 is 10.2 Å². The van der Waals surface area contributed by atoms with Crippen molar-refractivity contribution in [2.75, 3.05) is 17.4 Å². The first-order chi connectivity index (χ1) is 20.3. The number of carbonyl (C=O) groups excluding carboxylic acids is 2. The Kier molecular flexibility index (Phi) is 10.8. The highest BCUT2D eigenvalue weighted by Crippen LogP contribution is 2.26. The Morgan fingerprint density at radius 1 is 0.786 bits per heavy atom. The van der Waals surface area contributed by atoms with Crippen molar-refractivity contribution in [1.82, 2.24) is 10.2 Å². The van der Waals surface area contributed by atoms with Gasteiger partial charge >= 0.3 is 0 Å². The van der Waals surface area contributed by atoms with Crippen LogP contribution in [-0.2, 0) is 32.6 Å². The Bertz CT molecular complexity index is 1550. The summed E-state index contributed by atoms with van der Waals surface area (Å²) < 4.78 is 28.9. The highest BCUT2D eigenvalue weighted by Gasteiger charge is 2.34. The van der Waals surface area contributed by atoms with Crippen LogP contribution in [0.2, 0.25) is 5.02 Å². The van der Waals surface area contributed by atoms with Gasteiger partial charge in [-0.25, -0.2) is 8.42 Å². The van der Waals surface area contributed by atoms with Crippen molar-refractivity contribution >= 4 is 39.1 Å². The number of hydrogen-bond donors (Lipinski definition) is 1. The first-order valence-corrected chi connectivity index (χ1v) is 15.6. The summed E-state index contributed by atoms with van der Waals surface area (Å²) in [5, 5.41) is 3.34. The molecule has 4 aromatic rings. The number of benzene rings is 4. The first kappa shape index (κ1) is 30.8. The Hall–Kier alpha value is -4.14. The molecular weight excluding hydrogens is 570 g/mol. The Balaban J connectivity index is 1.76. The monoisotopic (exact) mass is 603 g/mol. The van der Waals surface area contributed by atoms with Gasteiger partial charge in [-0.1, -0.05) is 97.4 Å². The highest BCUT2D eigenvalue weighted by molar-refractivity contribution is 7.92. The molecule has 0 saturated heterocycles. The average molecular weight is 604 g/mol. The normalized spacial score (nSPS) is 11.9. The van der Waals surface area contributed by atoms with E-state index in [1.165, 1.54) is 29.2 Å². The van der Waals surface area contributed by atoms with Gasteiger partial charge in [-0.05, 0) is 53.9 Å². The van der Waals surface area contributed by atoms with Crippen LogP contribution in [0.25, 0.3) is 0 Å². The number of amides is 2. The van der Waals surface area contributed by atoms with Gasteiger partial charge in [0.2, 0.25) is 11.8 Å². The van der Waals surface area contributed by atoms with Crippen molar-refractivity contribution in [3.05, 3.63) is 131 Å². The molecule has 0 heterocycles. The predicted molar refractivity (Wildman–Crippen MR) is 167 cm³/mol. The summed E-state index contributed by atoms with van der Waals surface area (Å²) in [5.41, 5.74) is 2.03. The second-order valence-corrected chi connectivity index (χ2v) is 12.1. The summed E-state index contributed by atoms with van der Waals surface area (Å²) >= 11 is 6.02. The summed E-state index contributed by atoms with van der Waals surface area (Å²) in [6.07, 6.45) is 1.00. The average Bonchev–Trinajstić information content (AvgIpc) is 3.01. The topological polar surface area (TPSA) is 86.8 Å². The molecular formula is C33H34ClN3O4S. The molecule has 0 unspecified atom stereocenters. The molecule has 0 spiro atoms.